The second-order valence-electron chi connectivity index (χ2n) is 6.65. The van der Waals surface area contributed by atoms with Crippen molar-refractivity contribution in [2.45, 2.75) is 40.5 Å². The van der Waals surface area contributed by atoms with Gasteiger partial charge in [0.2, 0.25) is 0 Å². The summed E-state index contributed by atoms with van der Waals surface area (Å²) in [6.07, 6.45) is 0. The average molecular weight is 293 g/mol. The van der Waals surface area contributed by atoms with Gasteiger partial charge in [0.05, 0.1) is 5.69 Å². The zero-order chi connectivity index (χ0) is 15.6. The van der Waals surface area contributed by atoms with Gasteiger partial charge in [-0.3, -0.25) is 9.69 Å². The van der Waals surface area contributed by atoms with Crippen LogP contribution < -0.4 is 0 Å². The molecule has 0 N–H and O–H groups in total. The van der Waals surface area contributed by atoms with Crippen LogP contribution in [0, 0.1) is 12.8 Å². The Morgan fingerprint density at radius 3 is 2.33 bits per heavy atom. The summed E-state index contributed by atoms with van der Waals surface area (Å²) in [6.45, 7) is 14.9. The van der Waals surface area contributed by atoms with E-state index in [1.54, 1.807) is 0 Å². The molecule has 0 saturated carbocycles. The molecule has 1 aromatic heterocycles. The highest BCUT2D eigenvalue weighted by molar-refractivity contribution is 5.96. The summed E-state index contributed by atoms with van der Waals surface area (Å²) < 4.78 is 5.33. The molecule has 5 nitrogen and oxygen atoms in total. The van der Waals surface area contributed by atoms with Crippen LogP contribution >= 0.6 is 0 Å². The van der Waals surface area contributed by atoms with E-state index in [0.717, 1.165) is 32.7 Å². The first-order valence-corrected chi connectivity index (χ1v) is 7.88. The Labute approximate surface area is 127 Å². The highest BCUT2D eigenvalue weighted by atomic mass is 16.5. The molecule has 0 bridgehead atoms. The number of aromatic nitrogens is 1. The molecule has 1 aromatic rings. The highest BCUT2D eigenvalue weighted by Crippen LogP contribution is 2.24. The Balaban J connectivity index is 2.04. The molecule has 21 heavy (non-hydrogen) atoms. The maximum absolute atomic E-state index is 12.7. The number of nitrogens with zero attached hydrogens (tertiary/aromatic N) is 3. The number of hydrogen-bond acceptors (Lipinski definition) is 4. The summed E-state index contributed by atoms with van der Waals surface area (Å²) in [7, 11) is 0. The van der Waals surface area contributed by atoms with Crippen molar-refractivity contribution >= 4 is 5.91 Å². The predicted molar refractivity (Wildman–Crippen MR) is 82.5 cm³/mol. The second kappa shape index (κ2) is 6.60. The van der Waals surface area contributed by atoms with Crippen molar-refractivity contribution in [2.24, 2.45) is 5.92 Å². The van der Waals surface area contributed by atoms with Gasteiger partial charge in [0.25, 0.3) is 5.91 Å². The summed E-state index contributed by atoms with van der Waals surface area (Å²) in [5, 5.41) is 3.98. The maximum atomic E-state index is 12.7. The number of amides is 1. The monoisotopic (exact) mass is 293 g/mol. The van der Waals surface area contributed by atoms with Crippen molar-refractivity contribution < 1.29 is 9.32 Å². The molecule has 0 spiro atoms. The molecule has 0 unspecified atom stereocenters. The van der Waals surface area contributed by atoms with Crippen LogP contribution in [-0.4, -0.2) is 53.6 Å². The van der Waals surface area contributed by atoms with E-state index in [4.69, 9.17) is 4.52 Å². The van der Waals surface area contributed by atoms with Crippen LogP contribution in [0.2, 0.25) is 0 Å². The topological polar surface area (TPSA) is 49.6 Å². The van der Waals surface area contributed by atoms with E-state index in [0.29, 0.717) is 22.9 Å². The molecule has 2 heterocycles. The number of carbonyl (C=O) groups is 1. The molecule has 0 radical (unpaired) electrons. The molecule has 0 aromatic carbocycles. The fourth-order valence-corrected chi connectivity index (χ4v) is 2.85. The minimum atomic E-state index is 0.0710. The molecule has 1 aliphatic rings. The Kier molecular flexibility index (Phi) is 5.04. The van der Waals surface area contributed by atoms with Crippen molar-refractivity contribution in [3.05, 3.63) is 17.0 Å². The quantitative estimate of drug-likeness (QED) is 0.856. The van der Waals surface area contributed by atoms with Crippen molar-refractivity contribution in [3.8, 4) is 0 Å². The lowest BCUT2D eigenvalue weighted by atomic mass is 10.0. The van der Waals surface area contributed by atoms with Crippen molar-refractivity contribution in [1.29, 1.82) is 0 Å². The smallest absolute Gasteiger partial charge is 0.259 e. The SMILES string of the molecule is Cc1noc(C(C)C)c1C(=O)N1CCN(CC(C)C)CC1. The number of aryl methyl sites for hydroxylation is 1. The Morgan fingerprint density at radius 2 is 1.81 bits per heavy atom. The third kappa shape index (κ3) is 3.64. The molecule has 5 heteroatoms. The first-order chi connectivity index (χ1) is 9.90. The molecule has 118 valence electrons. The van der Waals surface area contributed by atoms with E-state index >= 15 is 0 Å². The number of carbonyl (C=O) groups excluding carboxylic acids is 1. The third-order valence-corrected chi connectivity index (χ3v) is 3.91. The van der Waals surface area contributed by atoms with Gasteiger partial charge in [-0.2, -0.15) is 0 Å². The second-order valence-corrected chi connectivity index (χ2v) is 6.65. The van der Waals surface area contributed by atoms with Crippen LogP contribution in [0.1, 0.15) is 55.4 Å². The molecule has 0 atom stereocenters. The van der Waals surface area contributed by atoms with Gasteiger partial charge in [-0.1, -0.05) is 32.9 Å². The van der Waals surface area contributed by atoms with E-state index in [-0.39, 0.29) is 11.8 Å². The summed E-state index contributed by atoms with van der Waals surface area (Å²) in [5.41, 5.74) is 1.37. The molecule has 0 aliphatic carbocycles. The lowest BCUT2D eigenvalue weighted by Gasteiger charge is -2.35. The molecule has 1 saturated heterocycles. The molecule has 1 fully saturated rings. The minimum Gasteiger partial charge on any atom is -0.360 e. The van der Waals surface area contributed by atoms with Gasteiger partial charge < -0.3 is 9.42 Å². The standard InChI is InChI=1S/C16H27N3O2/c1-11(2)10-18-6-8-19(9-7-18)16(20)14-13(5)17-21-15(14)12(3)4/h11-12H,6-10H2,1-5H3. The first-order valence-electron chi connectivity index (χ1n) is 7.88. The van der Waals surface area contributed by atoms with Gasteiger partial charge in [-0.15, -0.1) is 0 Å². The van der Waals surface area contributed by atoms with E-state index < -0.39 is 0 Å². The van der Waals surface area contributed by atoms with E-state index in [1.807, 2.05) is 25.7 Å². The van der Waals surface area contributed by atoms with Crippen molar-refractivity contribution in [2.75, 3.05) is 32.7 Å². The number of rotatable bonds is 4. The largest absolute Gasteiger partial charge is 0.360 e. The van der Waals surface area contributed by atoms with Gasteiger partial charge in [-0.05, 0) is 12.8 Å². The minimum absolute atomic E-state index is 0.0710. The van der Waals surface area contributed by atoms with Gasteiger partial charge in [-0.25, -0.2) is 0 Å². The van der Waals surface area contributed by atoms with Gasteiger partial charge >= 0.3 is 0 Å². The van der Waals surface area contributed by atoms with Crippen LogP contribution in [0.15, 0.2) is 4.52 Å². The lowest BCUT2D eigenvalue weighted by Crippen LogP contribution is -2.49. The van der Waals surface area contributed by atoms with Crippen LogP contribution in [0.3, 0.4) is 0 Å². The predicted octanol–water partition coefficient (Wildman–Crippen LogP) is 2.52. The van der Waals surface area contributed by atoms with Crippen molar-refractivity contribution in [1.82, 2.24) is 15.0 Å². The molecule has 1 amide bonds. The fourth-order valence-electron chi connectivity index (χ4n) is 2.85. The Hall–Kier alpha value is -1.36. The Bertz CT molecular complexity index is 486. The summed E-state index contributed by atoms with van der Waals surface area (Å²) in [6, 6.07) is 0. The van der Waals surface area contributed by atoms with Crippen LogP contribution in [0.4, 0.5) is 0 Å². The molecular formula is C16H27N3O2. The average Bonchev–Trinajstić information content (AvgIpc) is 2.80. The third-order valence-electron chi connectivity index (χ3n) is 3.91. The zero-order valence-electron chi connectivity index (χ0n) is 13.8. The van der Waals surface area contributed by atoms with Crippen molar-refractivity contribution in [3.63, 3.8) is 0 Å². The maximum Gasteiger partial charge on any atom is 0.259 e. The molecular weight excluding hydrogens is 266 g/mol. The Morgan fingerprint density at radius 1 is 1.19 bits per heavy atom. The van der Waals surface area contributed by atoms with Gasteiger partial charge in [0.15, 0.2) is 5.76 Å². The normalized spacial score (nSPS) is 17.0. The number of hydrogen-bond donors (Lipinski definition) is 0. The van der Waals surface area contributed by atoms with E-state index in [1.165, 1.54) is 0 Å². The van der Waals surface area contributed by atoms with Gasteiger partial charge in [0.1, 0.15) is 5.56 Å². The van der Waals surface area contributed by atoms with Crippen LogP contribution in [-0.2, 0) is 0 Å². The summed E-state index contributed by atoms with van der Waals surface area (Å²) in [5.74, 6) is 1.62. The lowest BCUT2D eigenvalue weighted by molar-refractivity contribution is 0.0620. The fraction of sp³-hybridized carbons (Fsp3) is 0.750. The zero-order valence-corrected chi connectivity index (χ0v) is 13.8. The number of piperazine rings is 1. The van der Waals surface area contributed by atoms with E-state index in [2.05, 4.69) is 23.9 Å². The van der Waals surface area contributed by atoms with Gasteiger partial charge in [0, 0.05) is 38.6 Å². The molecule has 1 aliphatic heterocycles. The molecule has 2 rings (SSSR count). The summed E-state index contributed by atoms with van der Waals surface area (Å²) in [4.78, 5) is 17.1. The summed E-state index contributed by atoms with van der Waals surface area (Å²) >= 11 is 0. The van der Waals surface area contributed by atoms with Crippen LogP contribution in [0.25, 0.3) is 0 Å². The van der Waals surface area contributed by atoms with E-state index in [9.17, 15) is 4.79 Å². The highest BCUT2D eigenvalue weighted by Gasteiger charge is 2.29. The van der Waals surface area contributed by atoms with Crippen LogP contribution in [0.5, 0.6) is 0 Å². The first kappa shape index (κ1) is 16.0.